The molecule has 0 amide bonds. The molecule has 0 fully saturated rings. The lowest BCUT2D eigenvalue weighted by Crippen LogP contribution is -2.17. The van der Waals surface area contributed by atoms with E-state index >= 15 is 0 Å². The molecule has 0 saturated heterocycles. The molecule has 26 heavy (non-hydrogen) atoms. The monoisotopic (exact) mass is 360 g/mol. The summed E-state index contributed by atoms with van der Waals surface area (Å²) in [4.78, 5) is 0. The second-order valence-electron chi connectivity index (χ2n) is 7.52. The fourth-order valence-electron chi connectivity index (χ4n) is 3.13. The Balaban J connectivity index is 2.31. The smallest absolute Gasteiger partial charge is 0.201 e. The summed E-state index contributed by atoms with van der Waals surface area (Å²) >= 11 is 0. The first-order valence-electron chi connectivity index (χ1n) is 10.3. The first-order chi connectivity index (χ1) is 12.5. The first-order valence-corrected chi connectivity index (χ1v) is 10.3. The molecule has 0 aliphatic carbocycles. The number of hydrogen-bond donors (Lipinski definition) is 2. The van der Waals surface area contributed by atoms with Gasteiger partial charge in [0.2, 0.25) is 5.65 Å². The van der Waals surface area contributed by atoms with E-state index in [0.29, 0.717) is 11.8 Å². The third-order valence-corrected chi connectivity index (χ3v) is 5.37. The quantitative estimate of drug-likeness (QED) is 0.594. The van der Waals surface area contributed by atoms with Crippen LogP contribution in [-0.4, -0.2) is 32.9 Å². The Kier molecular flexibility index (Phi) is 7.66. The number of fused-ring (bicyclic) bond motifs is 1. The molecular weight excluding hydrogens is 324 g/mol. The molecule has 2 aromatic rings. The van der Waals surface area contributed by atoms with Crippen LogP contribution < -0.4 is 10.6 Å². The van der Waals surface area contributed by atoms with Gasteiger partial charge in [-0.2, -0.15) is 4.52 Å². The van der Waals surface area contributed by atoms with Gasteiger partial charge in [0.25, 0.3) is 0 Å². The van der Waals surface area contributed by atoms with Gasteiger partial charge in [0.05, 0.1) is 5.69 Å². The highest BCUT2D eigenvalue weighted by Gasteiger charge is 2.16. The second-order valence-corrected chi connectivity index (χ2v) is 7.52. The largest absolute Gasteiger partial charge is 0.382 e. The molecule has 6 nitrogen and oxygen atoms in total. The van der Waals surface area contributed by atoms with Crippen molar-refractivity contribution in [3.63, 3.8) is 0 Å². The third kappa shape index (κ3) is 4.86. The highest BCUT2D eigenvalue weighted by Crippen LogP contribution is 2.23. The molecule has 2 rings (SSSR count). The van der Waals surface area contributed by atoms with Crippen LogP contribution in [0.1, 0.15) is 79.0 Å². The Labute approximate surface area is 158 Å². The number of nitrogens with one attached hydrogen (secondary N) is 2. The van der Waals surface area contributed by atoms with Crippen molar-refractivity contribution in [2.24, 2.45) is 11.8 Å². The summed E-state index contributed by atoms with van der Waals surface area (Å²) in [6.45, 7) is 15.1. The zero-order valence-corrected chi connectivity index (χ0v) is 17.3. The average molecular weight is 361 g/mol. The Hall–Kier alpha value is -1.85. The van der Waals surface area contributed by atoms with Crippen molar-refractivity contribution in [2.45, 2.75) is 73.1 Å². The Bertz CT molecular complexity index is 670. The number of anilines is 2. The molecule has 0 aliphatic heterocycles. The van der Waals surface area contributed by atoms with Crippen molar-refractivity contribution in [3.8, 4) is 0 Å². The van der Waals surface area contributed by atoms with E-state index < -0.39 is 0 Å². The summed E-state index contributed by atoms with van der Waals surface area (Å²) in [7, 11) is 0. The molecule has 0 aliphatic rings. The molecule has 0 atom stereocenters. The molecule has 0 aromatic carbocycles. The van der Waals surface area contributed by atoms with Gasteiger partial charge in [0.15, 0.2) is 5.82 Å². The van der Waals surface area contributed by atoms with Crippen molar-refractivity contribution in [1.82, 2.24) is 19.8 Å². The van der Waals surface area contributed by atoms with Gasteiger partial charge >= 0.3 is 0 Å². The maximum Gasteiger partial charge on any atom is 0.201 e. The molecule has 2 heterocycles. The lowest BCUT2D eigenvalue weighted by atomic mass is 10.0. The van der Waals surface area contributed by atoms with Gasteiger partial charge < -0.3 is 10.6 Å². The molecule has 2 aromatic heterocycles. The molecule has 0 spiro atoms. The van der Waals surface area contributed by atoms with Crippen molar-refractivity contribution < 1.29 is 0 Å². The van der Waals surface area contributed by atoms with Crippen molar-refractivity contribution in [1.29, 1.82) is 0 Å². The number of nitrogens with zero attached hydrogens (tertiary/aromatic N) is 4. The third-order valence-electron chi connectivity index (χ3n) is 5.37. The van der Waals surface area contributed by atoms with E-state index in [0.717, 1.165) is 36.1 Å². The fraction of sp³-hybridized carbons (Fsp3) is 0.750. The summed E-state index contributed by atoms with van der Waals surface area (Å²) in [5.74, 6) is 3.39. The van der Waals surface area contributed by atoms with Gasteiger partial charge in [-0.25, -0.2) is 0 Å². The number of rotatable bonds is 11. The standard InChI is InChI=1S/C20H36N6/c1-7-15(8-2)12-21-17-11-18(22-13-16(9-3)10-4)25-26-19(14(5)6)23-24-20(17)26/h11,14-16,21H,7-10,12-13H2,1-6H3,(H,22,25). The van der Waals surface area contributed by atoms with E-state index in [1.807, 2.05) is 4.52 Å². The van der Waals surface area contributed by atoms with Crippen LogP contribution in [0.2, 0.25) is 0 Å². The lowest BCUT2D eigenvalue weighted by Gasteiger charge is -2.17. The minimum Gasteiger partial charge on any atom is -0.382 e. The first kappa shape index (κ1) is 20.5. The van der Waals surface area contributed by atoms with Gasteiger partial charge in [0, 0.05) is 25.1 Å². The van der Waals surface area contributed by atoms with Gasteiger partial charge in [-0.1, -0.05) is 67.2 Å². The maximum absolute atomic E-state index is 4.77. The molecule has 2 N–H and O–H groups in total. The Morgan fingerprint density at radius 2 is 1.46 bits per heavy atom. The van der Waals surface area contributed by atoms with E-state index in [9.17, 15) is 0 Å². The van der Waals surface area contributed by atoms with Crippen LogP contribution in [-0.2, 0) is 0 Å². The SMILES string of the molecule is CCC(CC)CNc1cc(NCC(CC)CC)c2nnc(C(C)C)n2n1. The molecule has 0 unspecified atom stereocenters. The molecule has 6 heteroatoms. The zero-order valence-electron chi connectivity index (χ0n) is 17.3. The van der Waals surface area contributed by atoms with Crippen molar-refractivity contribution in [2.75, 3.05) is 23.7 Å². The van der Waals surface area contributed by atoms with Crippen LogP contribution in [0.3, 0.4) is 0 Å². The lowest BCUT2D eigenvalue weighted by molar-refractivity contribution is 0.517. The number of hydrogen-bond acceptors (Lipinski definition) is 5. The van der Waals surface area contributed by atoms with E-state index in [2.05, 4.69) is 68.4 Å². The summed E-state index contributed by atoms with van der Waals surface area (Å²) in [5, 5.41) is 20.7. The summed E-state index contributed by atoms with van der Waals surface area (Å²) in [6, 6.07) is 2.08. The molecule has 0 bridgehead atoms. The molecule has 146 valence electrons. The minimum absolute atomic E-state index is 0.277. The predicted octanol–water partition coefficient (Wildman–Crippen LogP) is 4.94. The maximum atomic E-state index is 4.77. The highest BCUT2D eigenvalue weighted by molar-refractivity contribution is 5.70. The van der Waals surface area contributed by atoms with E-state index in [1.165, 1.54) is 25.7 Å². The highest BCUT2D eigenvalue weighted by atomic mass is 15.4. The second kappa shape index (κ2) is 9.74. The fourth-order valence-corrected chi connectivity index (χ4v) is 3.13. The van der Waals surface area contributed by atoms with Gasteiger partial charge in [-0.3, -0.25) is 0 Å². The Morgan fingerprint density at radius 1 is 0.885 bits per heavy atom. The molecule has 0 saturated carbocycles. The topological polar surface area (TPSA) is 67.1 Å². The normalized spacial score (nSPS) is 11.9. The van der Waals surface area contributed by atoms with Crippen LogP contribution in [0.4, 0.5) is 11.5 Å². The molecular formula is C20H36N6. The Morgan fingerprint density at radius 3 is 2.00 bits per heavy atom. The van der Waals surface area contributed by atoms with E-state index in [-0.39, 0.29) is 5.92 Å². The van der Waals surface area contributed by atoms with E-state index in [4.69, 9.17) is 5.10 Å². The van der Waals surface area contributed by atoms with Crippen LogP contribution in [0.15, 0.2) is 6.07 Å². The predicted molar refractivity (Wildman–Crippen MR) is 110 cm³/mol. The van der Waals surface area contributed by atoms with Crippen LogP contribution >= 0.6 is 0 Å². The average Bonchev–Trinajstić information content (AvgIpc) is 3.07. The summed E-state index contributed by atoms with van der Waals surface area (Å²) in [5.41, 5.74) is 1.83. The van der Waals surface area contributed by atoms with Gasteiger partial charge in [-0.05, 0) is 11.8 Å². The minimum atomic E-state index is 0.277. The zero-order chi connectivity index (χ0) is 19.1. The summed E-state index contributed by atoms with van der Waals surface area (Å²) < 4.78 is 1.90. The van der Waals surface area contributed by atoms with Crippen LogP contribution in [0.5, 0.6) is 0 Å². The van der Waals surface area contributed by atoms with Gasteiger partial charge in [0.1, 0.15) is 5.82 Å². The molecule has 0 radical (unpaired) electrons. The van der Waals surface area contributed by atoms with Crippen LogP contribution in [0.25, 0.3) is 5.65 Å². The number of aromatic nitrogens is 4. The summed E-state index contributed by atoms with van der Waals surface area (Å²) in [6.07, 6.45) is 4.70. The van der Waals surface area contributed by atoms with E-state index in [1.54, 1.807) is 0 Å². The van der Waals surface area contributed by atoms with Crippen molar-refractivity contribution >= 4 is 17.2 Å². The van der Waals surface area contributed by atoms with Gasteiger partial charge in [-0.15, -0.1) is 15.3 Å². The van der Waals surface area contributed by atoms with Crippen molar-refractivity contribution in [3.05, 3.63) is 11.9 Å². The van der Waals surface area contributed by atoms with Crippen LogP contribution in [0, 0.1) is 11.8 Å².